The Kier molecular flexibility index (Phi) is 4.83. The van der Waals surface area contributed by atoms with Crippen LogP contribution in [-0.4, -0.2) is 35.5 Å². The molecule has 0 atom stereocenters. The van der Waals surface area contributed by atoms with Gasteiger partial charge in [-0.05, 0) is 13.0 Å². The molecule has 0 saturated carbocycles. The highest BCUT2D eigenvalue weighted by Gasteiger charge is 2.19. The molecule has 1 rings (SSSR count). The number of nitriles is 1. The van der Waals surface area contributed by atoms with Gasteiger partial charge in [-0.2, -0.15) is 5.26 Å². The highest BCUT2D eigenvalue weighted by molar-refractivity contribution is 5.61. The molecule has 19 heavy (non-hydrogen) atoms. The third-order valence-corrected chi connectivity index (χ3v) is 2.12. The molecule has 0 unspecified atom stereocenters. The van der Waals surface area contributed by atoms with Crippen molar-refractivity contribution >= 4 is 11.8 Å². The largest absolute Gasteiger partial charge is 0.477 e. The Morgan fingerprint density at radius 2 is 2.32 bits per heavy atom. The molecule has 0 bridgehead atoms. The van der Waals surface area contributed by atoms with Crippen LogP contribution < -0.4 is 4.74 Å². The van der Waals surface area contributed by atoms with Crippen LogP contribution in [0.25, 0.3) is 6.08 Å². The Morgan fingerprint density at radius 1 is 1.63 bits per heavy atom. The minimum Gasteiger partial charge on any atom is -0.477 e. The van der Waals surface area contributed by atoms with Crippen LogP contribution in [0.2, 0.25) is 0 Å². The Balaban J connectivity index is 3.37. The number of aromatic nitrogens is 1. The van der Waals surface area contributed by atoms with E-state index in [0.29, 0.717) is 6.61 Å². The molecule has 0 aliphatic carbocycles. The van der Waals surface area contributed by atoms with Crippen molar-refractivity contribution in [2.24, 2.45) is 0 Å². The summed E-state index contributed by atoms with van der Waals surface area (Å²) in [6, 6.07) is 3.02. The van der Waals surface area contributed by atoms with Crippen LogP contribution in [0.5, 0.6) is 5.88 Å². The van der Waals surface area contributed by atoms with Crippen molar-refractivity contribution in [3.05, 3.63) is 33.6 Å². The molecule has 0 aliphatic heterocycles. The smallest absolute Gasteiger partial charge is 0.296 e. The predicted octanol–water partition coefficient (Wildman–Crippen LogP) is 1.79. The summed E-state index contributed by atoms with van der Waals surface area (Å²) in [5.74, 6) is 0.106. The van der Waals surface area contributed by atoms with Crippen LogP contribution in [-0.2, 0) is 0 Å². The van der Waals surface area contributed by atoms with Crippen LogP contribution >= 0.6 is 0 Å². The molecule has 7 nitrogen and oxygen atoms in total. The molecule has 0 spiro atoms. The van der Waals surface area contributed by atoms with E-state index in [-0.39, 0.29) is 22.8 Å². The number of rotatable bonds is 5. The van der Waals surface area contributed by atoms with Crippen LogP contribution in [0.3, 0.4) is 0 Å². The number of hydrogen-bond donors (Lipinski definition) is 0. The lowest BCUT2D eigenvalue weighted by Gasteiger charge is -2.07. The second-order valence-corrected chi connectivity index (χ2v) is 3.83. The molecule has 0 amide bonds. The summed E-state index contributed by atoms with van der Waals surface area (Å²) in [5, 5.41) is 19.9. The molecule has 0 fully saturated rings. The molecule has 0 aliphatic rings. The predicted molar refractivity (Wildman–Crippen MR) is 69.5 cm³/mol. The maximum absolute atomic E-state index is 11.0. The quantitative estimate of drug-likeness (QED) is 0.593. The fraction of sp³-hybridized carbons (Fsp3) is 0.333. The first kappa shape index (κ1) is 14.4. The molecule has 1 heterocycles. The second kappa shape index (κ2) is 6.35. The molecule has 0 radical (unpaired) electrons. The lowest BCUT2D eigenvalue weighted by molar-refractivity contribution is -0.385. The Bertz CT molecular complexity index is 547. The van der Waals surface area contributed by atoms with Crippen molar-refractivity contribution in [3.8, 4) is 11.9 Å². The first-order valence-electron chi connectivity index (χ1n) is 5.56. The first-order chi connectivity index (χ1) is 8.99. The SMILES string of the molecule is CCOc1nc(/C=C/N(C)C)c([N+](=O)[O-])cc1C#N. The van der Waals surface area contributed by atoms with E-state index < -0.39 is 4.92 Å². The van der Waals surface area contributed by atoms with Gasteiger partial charge in [0.2, 0.25) is 5.88 Å². The van der Waals surface area contributed by atoms with Gasteiger partial charge >= 0.3 is 0 Å². The van der Waals surface area contributed by atoms with Crippen molar-refractivity contribution in [1.29, 1.82) is 5.26 Å². The number of nitro groups is 1. The summed E-state index contributed by atoms with van der Waals surface area (Å²) < 4.78 is 5.21. The van der Waals surface area contributed by atoms with Gasteiger partial charge in [-0.3, -0.25) is 10.1 Å². The van der Waals surface area contributed by atoms with Gasteiger partial charge in [-0.15, -0.1) is 0 Å². The normalized spacial score (nSPS) is 10.2. The van der Waals surface area contributed by atoms with Crippen molar-refractivity contribution in [2.75, 3.05) is 20.7 Å². The van der Waals surface area contributed by atoms with E-state index in [4.69, 9.17) is 10.00 Å². The van der Waals surface area contributed by atoms with E-state index in [1.807, 2.05) is 6.07 Å². The zero-order chi connectivity index (χ0) is 14.4. The number of pyridine rings is 1. The van der Waals surface area contributed by atoms with Gasteiger partial charge in [0, 0.05) is 26.4 Å². The van der Waals surface area contributed by atoms with E-state index >= 15 is 0 Å². The summed E-state index contributed by atoms with van der Waals surface area (Å²) >= 11 is 0. The van der Waals surface area contributed by atoms with E-state index in [1.54, 1.807) is 32.1 Å². The zero-order valence-corrected chi connectivity index (χ0v) is 11.0. The monoisotopic (exact) mass is 262 g/mol. The average molecular weight is 262 g/mol. The maximum Gasteiger partial charge on any atom is 0.296 e. The van der Waals surface area contributed by atoms with Crippen molar-refractivity contribution in [2.45, 2.75) is 6.92 Å². The van der Waals surface area contributed by atoms with E-state index in [2.05, 4.69) is 4.98 Å². The zero-order valence-electron chi connectivity index (χ0n) is 11.0. The third kappa shape index (κ3) is 3.67. The van der Waals surface area contributed by atoms with Gasteiger partial charge in [0.05, 0.1) is 11.5 Å². The topological polar surface area (TPSA) is 92.3 Å². The van der Waals surface area contributed by atoms with Crippen molar-refractivity contribution in [3.63, 3.8) is 0 Å². The highest BCUT2D eigenvalue weighted by Crippen LogP contribution is 2.25. The van der Waals surface area contributed by atoms with Crippen molar-refractivity contribution < 1.29 is 9.66 Å². The van der Waals surface area contributed by atoms with Gasteiger partial charge in [0.15, 0.2) is 0 Å². The second-order valence-electron chi connectivity index (χ2n) is 3.83. The van der Waals surface area contributed by atoms with E-state index in [9.17, 15) is 10.1 Å². The number of hydrogen-bond acceptors (Lipinski definition) is 6. The lowest BCUT2D eigenvalue weighted by atomic mass is 10.2. The molecule has 1 aromatic rings. The average Bonchev–Trinajstić information content (AvgIpc) is 2.36. The lowest BCUT2D eigenvalue weighted by Crippen LogP contribution is -2.04. The van der Waals surface area contributed by atoms with Crippen LogP contribution in [0, 0.1) is 21.4 Å². The van der Waals surface area contributed by atoms with Gasteiger partial charge in [0.1, 0.15) is 17.3 Å². The summed E-state index contributed by atoms with van der Waals surface area (Å²) in [7, 11) is 3.57. The Labute approximate surface area is 110 Å². The number of nitrogens with zero attached hydrogens (tertiary/aromatic N) is 4. The first-order valence-corrected chi connectivity index (χ1v) is 5.56. The molecule has 100 valence electrons. The Hall–Kier alpha value is -2.62. The maximum atomic E-state index is 11.0. The summed E-state index contributed by atoms with van der Waals surface area (Å²) in [6.07, 6.45) is 3.14. The fourth-order valence-electron chi connectivity index (χ4n) is 1.31. The molecule has 7 heteroatoms. The molecule has 0 N–H and O–H groups in total. The highest BCUT2D eigenvalue weighted by atomic mass is 16.6. The summed E-state index contributed by atoms with van der Waals surface area (Å²) in [6.45, 7) is 2.08. The van der Waals surface area contributed by atoms with Gasteiger partial charge in [0.25, 0.3) is 5.69 Å². The van der Waals surface area contributed by atoms with E-state index in [0.717, 1.165) is 0 Å². The van der Waals surface area contributed by atoms with Gasteiger partial charge in [-0.1, -0.05) is 0 Å². The third-order valence-electron chi connectivity index (χ3n) is 2.12. The molecule has 1 aromatic heterocycles. The molecule has 0 aromatic carbocycles. The van der Waals surface area contributed by atoms with E-state index in [1.165, 1.54) is 12.1 Å². The Morgan fingerprint density at radius 3 is 2.79 bits per heavy atom. The summed E-state index contributed by atoms with van der Waals surface area (Å²) in [4.78, 5) is 16.2. The standard InChI is InChI=1S/C12H14N4O3/c1-4-19-12-9(8-13)7-11(16(17)18)10(14-12)5-6-15(2)3/h5-7H,4H2,1-3H3/b6-5+. The van der Waals surface area contributed by atoms with Crippen LogP contribution in [0.4, 0.5) is 5.69 Å². The number of ether oxygens (including phenoxy) is 1. The molecule has 0 saturated heterocycles. The van der Waals surface area contributed by atoms with Crippen LogP contribution in [0.15, 0.2) is 12.3 Å². The fourth-order valence-corrected chi connectivity index (χ4v) is 1.31. The van der Waals surface area contributed by atoms with Crippen molar-refractivity contribution in [1.82, 2.24) is 9.88 Å². The van der Waals surface area contributed by atoms with Crippen LogP contribution in [0.1, 0.15) is 18.2 Å². The minimum absolute atomic E-state index is 0.0514. The van der Waals surface area contributed by atoms with Gasteiger partial charge in [-0.25, -0.2) is 4.98 Å². The summed E-state index contributed by atoms with van der Waals surface area (Å²) in [5.41, 5.74) is -0.0187. The molecular weight excluding hydrogens is 248 g/mol. The minimum atomic E-state index is -0.571. The molecular formula is C12H14N4O3. The van der Waals surface area contributed by atoms with Gasteiger partial charge < -0.3 is 9.64 Å².